The van der Waals surface area contributed by atoms with Gasteiger partial charge in [-0.2, -0.15) is 13.2 Å². The van der Waals surface area contributed by atoms with Crippen LogP contribution in [0.2, 0.25) is 5.02 Å². The van der Waals surface area contributed by atoms with E-state index in [0.717, 1.165) is 29.6 Å². The normalized spacial score (nSPS) is 11.4. The summed E-state index contributed by atoms with van der Waals surface area (Å²) in [5.74, 6) is 1.84. The average molecular weight is 423 g/mol. The van der Waals surface area contributed by atoms with E-state index in [1.165, 1.54) is 0 Å². The standard InChI is InChI=1S/C20H18ClF3N4O/c1-12-9-18(28-13(2)27-12)25-8-7-14-3-5-16(6-4-14)29-19-17(21)10-15(11-26-19)20(22,23)24/h3-6,9-11H,7-8H2,1-2H3,(H,25,27,28). The fraction of sp³-hybridized carbons (Fsp3) is 0.250. The predicted octanol–water partition coefficient (Wildman–Crippen LogP) is 5.61. The highest BCUT2D eigenvalue weighted by molar-refractivity contribution is 6.31. The molecule has 0 radical (unpaired) electrons. The van der Waals surface area contributed by atoms with Crippen molar-refractivity contribution in [1.82, 2.24) is 15.0 Å². The van der Waals surface area contributed by atoms with Gasteiger partial charge in [-0.05, 0) is 44.0 Å². The van der Waals surface area contributed by atoms with Crippen LogP contribution in [-0.4, -0.2) is 21.5 Å². The Hall–Kier alpha value is -2.87. The SMILES string of the molecule is Cc1cc(NCCc2ccc(Oc3ncc(C(F)(F)F)cc3Cl)cc2)nc(C)n1. The number of benzene rings is 1. The quantitative estimate of drug-likeness (QED) is 0.559. The maximum atomic E-state index is 12.7. The Morgan fingerprint density at radius 1 is 1.07 bits per heavy atom. The molecule has 0 bridgehead atoms. The van der Waals surface area contributed by atoms with Crippen LogP contribution < -0.4 is 10.1 Å². The highest BCUT2D eigenvalue weighted by Gasteiger charge is 2.31. The van der Waals surface area contributed by atoms with E-state index < -0.39 is 11.7 Å². The van der Waals surface area contributed by atoms with Crippen LogP contribution in [0.25, 0.3) is 0 Å². The molecular formula is C20H18ClF3N4O. The number of ether oxygens (including phenoxy) is 1. The lowest BCUT2D eigenvalue weighted by atomic mass is 10.1. The van der Waals surface area contributed by atoms with Crippen LogP contribution in [-0.2, 0) is 12.6 Å². The van der Waals surface area contributed by atoms with Crippen molar-refractivity contribution in [3.8, 4) is 11.6 Å². The van der Waals surface area contributed by atoms with Gasteiger partial charge < -0.3 is 10.1 Å². The Balaban J connectivity index is 1.57. The first kappa shape index (κ1) is 20.9. The van der Waals surface area contributed by atoms with Gasteiger partial charge in [-0.15, -0.1) is 0 Å². The Kier molecular flexibility index (Phi) is 6.22. The van der Waals surface area contributed by atoms with Crippen LogP contribution in [0.5, 0.6) is 11.6 Å². The van der Waals surface area contributed by atoms with Crippen molar-refractivity contribution in [1.29, 1.82) is 0 Å². The molecular weight excluding hydrogens is 405 g/mol. The molecule has 152 valence electrons. The second-order valence-corrected chi connectivity index (χ2v) is 6.78. The maximum Gasteiger partial charge on any atom is 0.417 e. The summed E-state index contributed by atoms with van der Waals surface area (Å²) >= 11 is 5.86. The molecule has 0 aliphatic carbocycles. The minimum atomic E-state index is -4.51. The summed E-state index contributed by atoms with van der Waals surface area (Å²) in [6.45, 7) is 4.44. The van der Waals surface area contributed by atoms with Crippen LogP contribution in [0.4, 0.5) is 19.0 Å². The van der Waals surface area contributed by atoms with Gasteiger partial charge in [0.15, 0.2) is 0 Å². The molecule has 29 heavy (non-hydrogen) atoms. The molecule has 0 saturated carbocycles. The molecule has 0 aliphatic heterocycles. The molecule has 1 N–H and O–H groups in total. The molecule has 2 aromatic heterocycles. The number of hydrogen-bond donors (Lipinski definition) is 1. The Morgan fingerprint density at radius 2 is 1.79 bits per heavy atom. The first-order chi connectivity index (χ1) is 13.7. The first-order valence-corrected chi connectivity index (χ1v) is 9.14. The molecule has 5 nitrogen and oxygen atoms in total. The number of aromatic nitrogens is 3. The molecule has 9 heteroatoms. The van der Waals surface area contributed by atoms with Gasteiger partial charge in [-0.3, -0.25) is 0 Å². The number of nitrogens with zero attached hydrogens (tertiary/aromatic N) is 3. The van der Waals surface area contributed by atoms with E-state index in [-0.39, 0.29) is 10.9 Å². The minimum Gasteiger partial charge on any atom is -0.438 e. The molecule has 0 amide bonds. The number of halogens is 4. The van der Waals surface area contributed by atoms with E-state index in [0.29, 0.717) is 24.3 Å². The summed E-state index contributed by atoms with van der Waals surface area (Å²) in [7, 11) is 0. The minimum absolute atomic E-state index is 0.0800. The average Bonchev–Trinajstić information content (AvgIpc) is 2.63. The Labute approximate surface area is 170 Å². The molecule has 0 atom stereocenters. The number of hydrogen-bond acceptors (Lipinski definition) is 5. The van der Waals surface area contributed by atoms with Crippen molar-refractivity contribution >= 4 is 17.4 Å². The zero-order valence-electron chi connectivity index (χ0n) is 15.7. The van der Waals surface area contributed by atoms with Crippen molar-refractivity contribution in [3.63, 3.8) is 0 Å². The van der Waals surface area contributed by atoms with Crippen molar-refractivity contribution < 1.29 is 17.9 Å². The smallest absolute Gasteiger partial charge is 0.417 e. The lowest BCUT2D eigenvalue weighted by Gasteiger charge is -2.11. The summed E-state index contributed by atoms with van der Waals surface area (Å²) in [5.41, 5.74) is 1.03. The molecule has 0 saturated heterocycles. The third kappa shape index (κ3) is 5.80. The Bertz CT molecular complexity index is 974. The number of aryl methyl sites for hydroxylation is 2. The second kappa shape index (κ2) is 8.65. The Morgan fingerprint density at radius 3 is 2.41 bits per heavy atom. The van der Waals surface area contributed by atoms with Gasteiger partial charge in [-0.1, -0.05) is 23.7 Å². The number of rotatable bonds is 6. The lowest BCUT2D eigenvalue weighted by Crippen LogP contribution is -2.08. The molecule has 2 heterocycles. The molecule has 0 spiro atoms. The van der Waals surface area contributed by atoms with E-state index in [9.17, 15) is 13.2 Å². The molecule has 3 rings (SSSR count). The number of nitrogens with one attached hydrogen (secondary N) is 1. The van der Waals surface area contributed by atoms with Crippen LogP contribution in [0.3, 0.4) is 0 Å². The van der Waals surface area contributed by atoms with Crippen molar-refractivity contribution in [2.24, 2.45) is 0 Å². The first-order valence-electron chi connectivity index (χ1n) is 8.76. The molecule has 1 aromatic carbocycles. The van der Waals surface area contributed by atoms with Gasteiger partial charge in [0.2, 0.25) is 5.88 Å². The van der Waals surface area contributed by atoms with Gasteiger partial charge in [-0.25, -0.2) is 15.0 Å². The summed E-state index contributed by atoms with van der Waals surface area (Å²) in [5, 5.41) is 3.05. The van der Waals surface area contributed by atoms with Gasteiger partial charge >= 0.3 is 6.18 Å². The van der Waals surface area contributed by atoms with E-state index in [1.54, 1.807) is 12.1 Å². The monoisotopic (exact) mass is 422 g/mol. The highest BCUT2D eigenvalue weighted by atomic mass is 35.5. The third-order valence-corrected chi connectivity index (χ3v) is 4.23. The zero-order chi connectivity index (χ0) is 21.0. The van der Waals surface area contributed by atoms with Gasteiger partial charge in [0.05, 0.1) is 5.56 Å². The number of pyridine rings is 1. The summed E-state index contributed by atoms with van der Waals surface area (Å²) < 4.78 is 43.5. The van der Waals surface area contributed by atoms with E-state index in [2.05, 4.69) is 20.3 Å². The highest BCUT2D eigenvalue weighted by Crippen LogP contribution is 2.34. The van der Waals surface area contributed by atoms with E-state index >= 15 is 0 Å². The van der Waals surface area contributed by atoms with Crippen molar-refractivity contribution in [3.05, 3.63) is 70.3 Å². The van der Waals surface area contributed by atoms with Crippen molar-refractivity contribution in [2.75, 3.05) is 11.9 Å². The fourth-order valence-electron chi connectivity index (χ4n) is 2.63. The second-order valence-electron chi connectivity index (χ2n) is 6.37. The fourth-order valence-corrected chi connectivity index (χ4v) is 2.84. The van der Waals surface area contributed by atoms with Crippen LogP contribution in [0.1, 0.15) is 22.6 Å². The lowest BCUT2D eigenvalue weighted by molar-refractivity contribution is -0.137. The van der Waals surface area contributed by atoms with Gasteiger partial charge in [0.1, 0.15) is 22.4 Å². The summed E-state index contributed by atoms with van der Waals surface area (Å²) in [6, 6.07) is 9.83. The molecule has 0 aliphatic rings. The van der Waals surface area contributed by atoms with Gasteiger partial charge in [0, 0.05) is 24.5 Å². The van der Waals surface area contributed by atoms with Crippen LogP contribution in [0, 0.1) is 13.8 Å². The molecule has 3 aromatic rings. The number of anilines is 1. The predicted molar refractivity (Wildman–Crippen MR) is 104 cm³/mol. The molecule has 0 unspecified atom stereocenters. The third-order valence-electron chi connectivity index (χ3n) is 3.96. The van der Waals surface area contributed by atoms with Crippen molar-refractivity contribution in [2.45, 2.75) is 26.4 Å². The van der Waals surface area contributed by atoms with E-state index in [4.69, 9.17) is 16.3 Å². The largest absolute Gasteiger partial charge is 0.438 e. The van der Waals surface area contributed by atoms with Gasteiger partial charge in [0.25, 0.3) is 0 Å². The summed E-state index contributed by atoms with van der Waals surface area (Å²) in [4.78, 5) is 12.2. The van der Waals surface area contributed by atoms with E-state index in [1.807, 2.05) is 32.0 Å². The number of alkyl halides is 3. The van der Waals surface area contributed by atoms with Crippen LogP contribution >= 0.6 is 11.6 Å². The maximum absolute atomic E-state index is 12.7. The molecule has 0 fully saturated rings. The summed E-state index contributed by atoms with van der Waals surface area (Å²) in [6.07, 6.45) is -3.06. The van der Waals surface area contributed by atoms with Crippen LogP contribution in [0.15, 0.2) is 42.6 Å². The topological polar surface area (TPSA) is 59.9 Å². The zero-order valence-corrected chi connectivity index (χ0v) is 16.5.